The molecule has 4 nitrogen and oxygen atoms in total. The van der Waals surface area contributed by atoms with Crippen LogP contribution in [0.15, 0.2) is 4.52 Å². The quantitative estimate of drug-likeness (QED) is 0.858. The number of amides is 1. The number of likely N-dealkylation sites (tertiary alicyclic amines) is 1. The monoisotopic (exact) mass is 290 g/mol. The van der Waals surface area contributed by atoms with Crippen molar-refractivity contribution >= 4 is 5.91 Å². The number of aromatic nitrogens is 1. The van der Waals surface area contributed by atoms with Gasteiger partial charge in [0.15, 0.2) is 0 Å². The van der Waals surface area contributed by atoms with Crippen molar-refractivity contribution in [2.75, 3.05) is 13.1 Å². The van der Waals surface area contributed by atoms with Crippen LogP contribution in [0, 0.1) is 25.7 Å². The largest absolute Gasteiger partial charge is 0.361 e. The van der Waals surface area contributed by atoms with Crippen molar-refractivity contribution < 1.29 is 9.32 Å². The summed E-state index contributed by atoms with van der Waals surface area (Å²) in [5, 5.41) is 3.96. The van der Waals surface area contributed by atoms with Gasteiger partial charge in [0.2, 0.25) is 5.91 Å². The minimum atomic E-state index is 0.305. The molecule has 116 valence electrons. The number of nitrogens with zero attached hydrogens (tertiary/aromatic N) is 2. The average molecular weight is 290 g/mol. The lowest BCUT2D eigenvalue weighted by Crippen LogP contribution is -2.44. The zero-order chi connectivity index (χ0) is 14.8. The second kappa shape index (κ2) is 6.20. The van der Waals surface area contributed by atoms with Crippen molar-refractivity contribution in [3.63, 3.8) is 0 Å². The van der Waals surface area contributed by atoms with Gasteiger partial charge in [0.1, 0.15) is 5.76 Å². The van der Waals surface area contributed by atoms with Crippen molar-refractivity contribution in [3.8, 4) is 0 Å². The number of carbonyl (C=O) groups excluding carboxylic acids is 1. The molecule has 1 aliphatic heterocycles. The van der Waals surface area contributed by atoms with E-state index in [9.17, 15) is 4.79 Å². The smallest absolute Gasteiger partial charge is 0.222 e. The molecule has 1 aromatic rings. The lowest BCUT2D eigenvalue weighted by Gasteiger charge is -2.41. The highest BCUT2D eigenvalue weighted by Gasteiger charge is 2.32. The van der Waals surface area contributed by atoms with Crippen molar-refractivity contribution in [1.82, 2.24) is 10.1 Å². The van der Waals surface area contributed by atoms with Crippen LogP contribution in [0.3, 0.4) is 0 Å². The molecule has 1 aromatic heterocycles. The predicted octanol–water partition coefficient (Wildman–Crippen LogP) is 3.26. The summed E-state index contributed by atoms with van der Waals surface area (Å²) in [6, 6.07) is 0. The van der Waals surface area contributed by atoms with E-state index in [1.807, 2.05) is 13.8 Å². The van der Waals surface area contributed by atoms with Gasteiger partial charge in [-0.05, 0) is 44.9 Å². The Kier molecular flexibility index (Phi) is 4.32. The number of piperidine rings is 1. The number of hydrogen-bond donors (Lipinski definition) is 0. The molecule has 0 N–H and O–H groups in total. The first-order chi connectivity index (χ1) is 10.1. The highest BCUT2D eigenvalue weighted by atomic mass is 16.5. The van der Waals surface area contributed by atoms with E-state index in [-0.39, 0.29) is 0 Å². The molecule has 0 bridgehead atoms. The van der Waals surface area contributed by atoms with Crippen molar-refractivity contribution in [2.24, 2.45) is 11.8 Å². The van der Waals surface area contributed by atoms with Crippen molar-refractivity contribution in [1.29, 1.82) is 0 Å². The lowest BCUT2D eigenvalue weighted by molar-refractivity contribution is -0.134. The number of rotatable bonds is 3. The van der Waals surface area contributed by atoms with Crippen molar-refractivity contribution in [3.05, 3.63) is 17.0 Å². The topological polar surface area (TPSA) is 46.3 Å². The standard InChI is InChI=1S/C17H26N2O2/c1-12-16(13(2)21-18-12)7-8-17(20)19-10-9-14-5-3-4-6-15(14)11-19/h14-15H,3-11H2,1-2H3/t14-,15+/m1/s1. The molecule has 1 amide bonds. The second-order valence-corrected chi connectivity index (χ2v) is 6.74. The SMILES string of the molecule is Cc1noc(C)c1CCC(=O)N1CC[C@H]2CCCC[C@H]2C1. The maximum Gasteiger partial charge on any atom is 0.222 e. The lowest BCUT2D eigenvalue weighted by atomic mass is 9.75. The van der Waals surface area contributed by atoms with E-state index >= 15 is 0 Å². The minimum Gasteiger partial charge on any atom is -0.361 e. The molecule has 0 unspecified atom stereocenters. The number of fused-ring (bicyclic) bond motifs is 1. The first-order valence-corrected chi connectivity index (χ1v) is 8.34. The fourth-order valence-electron chi connectivity index (χ4n) is 4.08. The van der Waals surface area contributed by atoms with E-state index in [1.54, 1.807) is 0 Å². The summed E-state index contributed by atoms with van der Waals surface area (Å²) in [5.74, 6) is 2.80. The Labute approximate surface area is 126 Å². The maximum absolute atomic E-state index is 12.5. The van der Waals surface area contributed by atoms with Crippen LogP contribution in [0.4, 0.5) is 0 Å². The third-order valence-electron chi connectivity index (χ3n) is 5.41. The van der Waals surface area contributed by atoms with Crippen LogP contribution in [0.2, 0.25) is 0 Å². The van der Waals surface area contributed by atoms with Gasteiger partial charge >= 0.3 is 0 Å². The second-order valence-electron chi connectivity index (χ2n) is 6.74. The zero-order valence-corrected chi connectivity index (χ0v) is 13.2. The molecule has 0 aromatic carbocycles. The average Bonchev–Trinajstić information content (AvgIpc) is 2.83. The Morgan fingerprint density at radius 2 is 2.00 bits per heavy atom. The van der Waals surface area contributed by atoms with Gasteiger partial charge in [-0.25, -0.2) is 0 Å². The van der Waals surface area contributed by atoms with Crippen LogP contribution < -0.4 is 0 Å². The highest BCUT2D eigenvalue weighted by Crippen LogP contribution is 2.36. The van der Waals surface area contributed by atoms with Crippen LogP contribution >= 0.6 is 0 Å². The summed E-state index contributed by atoms with van der Waals surface area (Å²) < 4.78 is 5.17. The molecule has 2 heterocycles. The van der Waals surface area contributed by atoms with Crippen LogP contribution in [0.25, 0.3) is 0 Å². The fraction of sp³-hybridized carbons (Fsp3) is 0.765. The molecule has 21 heavy (non-hydrogen) atoms. The van der Waals surface area contributed by atoms with Gasteiger partial charge in [-0.15, -0.1) is 0 Å². The summed E-state index contributed by atoms with van der Waals surface area (Å²) in [4.78, 5) is 14.6. The third kappa shape index (κ3) is 3.14. The number of hydrogen-bond acceptors (Lipinski definition) is 3. The Balaban J connectivity index is 1.54. The molecule has 2 atom stereocenters. The molecular weight excluding hydrogens is 264 g/mol. The Hall–Kier alpha value is -1.32. The van der Waals surface area contributed by atoms with Crippen molar-refractivity contribution in [2.45, 2.75) is 58.8 Å². The number of aryl methyl sites for hydroxylation is 2. The number of carbonyl (C=O) groups is 1. The third-order valence-corrected chi connectivity index (χ3v) is 5.41. The predicted molar refractivity (Wildman–Crippen MR) is 80.9 cm³/mol. The first kappa shape index (κ1) is 14.6. The van der Waals surface area contributed by atoms with Gasteiger partial charge in [-0.2, -0.15) is 0 Å². The van der Waals surface area contributed by atoms with Gasteiger partial charge in [0, 0.05) is 25.1 Å². The molecule has 3 rings (SSSR count). The first-order valence-electron chi connectivity index (χ1n) is 8.34. The van der Waals surface area contributed by atoms with Gasteiger partial charge in [0.05, 0.1) is 5.69 Å². The van der Waals surface area contributed by atoms with Gasteiger partial charge < -0.3 is 9.42 Å². The molecule has 2 aliphatic rings. The summed E-state index contributed by atoms with van der Waals surface area (Å²) in [5.41, 5.74) is 2.03. The van der Waals surface area contributed by atoms with Crippen LogP contribution in [0.1, 0.15) is 55.5 Å². The molecule has 4 heteroatoms. The molecule has 1 saturated carbocycles. The molecule has 0 radical (unpaired) electrons. The van der Waals surface area contributed by atoms with Gasteiger partial charge in [0.25, 0.3) is 0 Å². The summed E-state index contributed by atoms with van der Waals surface area (Å²) in [7, 11) is 0. The zero-order valence-electron chi connectivity index (χ0n) is 13.2. The van der Waals surface area contributed by atoms with Gasteiger partial charge in [-0.3, -0.25) is 4.79 Å². The Morgan fingerprint density at radius 3 is 2.71 bits per heavy atom. The fourth-order valence-corrected chi connectivity index (χ4v) is 4.08. The Morgan fingerprint density at radius 1 is 1.24 bits per heavy atom. The Bertz CT molecular complexity index is 489. The normalized spacial score (nSPS) is 25.7. The van der Waals surface area contributed by atoms with E-state index in [0.29, 0.717) is 12.3 Å². The van der Waals surface area contributed by atoms with E-state index in [1.165, 1.54) is 32.1 Å². The van der Waals surface area contributed by atoms with E-state index < -0.39 is 0 Å². The van der Waals surface area contributed by atoms with E-state index in [4.69, 9.17) is 4.52 Å². The molecule has 2 fully saturated rings. The summed E-state index contributed by atoms with van der Waals surface area (Å²) >= 11 is 0. The molecule has 1 aliphatic carbocycles. The summed E-state index contributed by atoms with van der Waals surface area (Å²) in [6.07, 6.45) is 7.99. The summed E-state index contributed by atoms with van der Waals surface area (Å²) in [6.45, 7) is 5.82. The highest BCUT2D eigenvalue weighted by molar-refractivity contribution is 5.76. The molecule has 0 spiro atoms. The van der Waals surface area contributed by atoms with E-state index in [0.717, 1.165) is 48.4 Å². The minimum absolute atomic E-state index is 0.305. The van der Waals surface area contributed by atoms with Gasteiger partial charge in [-0.1, -0.05) is 24.4 Å². The molecule has 1 saturated heterocycles. The van der Waals surface area contributed by atoms with Crippen LogP contribution in [-0.4, -0.2) is 29.1 Å². The molecular formula is C17H26N2O2. The van der Waals surface area contributed by atoms with E-state index in [2.05, 4.69) is 10.1 Å². The maximum atomic E-state index is 12.5. The van der Waals surface area contributed by atoms with Crippen LogP contribution in [-0.2, 0) is 11.2 Å². The van der Waals surface area contributed by atoms with Crippen LogP contribution in [0.5, 0.6) is 0 Å².